The molecule has 2 aromatic heterocycles. The van der Waals surface area contributed by atoms with Gasteiger partial charge in [-0.3, -0.25) is 24.0 Å². The number of aryl methyl sites for hydroxylation is 2. The zero-order valence-corrected chi connectivity index (χ0v) is 18.4. The van der Waals surface area contributed by atoms with Crippen molar-refractivity contribution in [3.8, 4) is 0 Å². The number of hydrogen-bond acceptors (Lipinski definition) is 6. The number of carbonyl (C=O) groups excluding carboxylic acids is 2. The van der Waals surface area contributed by atoms with Crippen LogP contribution in [0.3, 0.4) is 0 Å². The van der Waals surface area contributed by atoms with Crippen molar-refractivity contribution >= 4 is 11.9 Å². The van der Waals surface area contributed by atoms with Crippen molar-refractivity contribution in [2.45, 2.75) is 46.7 Å². The van der Waals surface area contributed by atoms with Crippen LogP contribution in [-0.2, 0) is 22.6 Å². The van der Waals surface area contributed by atoms with Gasteiger partial charge in [0.25, 0.3) is 11.5 Å². The summed E-state index contributed by atoms with van der Waals surface area (Å²) in [7, 11) is 0. The number of carbonyl (C=O) groups is 2. The quantitative estimate of drug-likeness (QED) is 0.614. The lowest BCUT2D eigenvalue weighted by Crippen LogP contribution is -2.39. The summed E-state index contributed by atoms with van der Waals surface area (Å²) < 4.78 is 6.96. The van der Waals surface area contributed by atoms with E-state index in [1.165, 1.54) is 0 Å². The number of nitrogens with one attached hydrogen (secondary N) is 2. The van der Waals surface area contributed by atoms with Gasteiger partial charge in [0.2, 0.25) is 0 Å². The van der Waals surface area contributed by atoms with Crippen molar-refractivity contribution in [1.29, 1.82) is 0 Å². The molecule has 0 saturated carbocycles. The fourth-order valence-corrected chi connectivity index (χ4v) is 3.95. The maximum atomic E-state index is 12.4. The number of hydrogen-bond donors (Lipinski definition) is 2. The van der Waals surface area contributed by atoms with Gasteiger partial charge in [0, 0.05) is 31.0 Å². The Kier molecular flexibility index (Phi) is 7.62. The minimum absolute atomic E-state index is 0.0835. The molecule has 0 aromatic carbocycles. The lowest BCUT2D eigenvalue weighted by Gasteiger charge is -2.31. The van der Waals surface area contributed by atoms with E-state index in [-0.39, 0.29) is 17.5 Å². The summed E-state index contributed by atoms with van der Waals surface area (Å²) in [6.07, 6.45) is 1.73. The third-order valence-corrected chi connectivity index (χ3v) is 5.45. The van der Waals surface area contributed by atoms with Gasteiger partial charge in [-0.25, -0.2) is 0 Å². The summed E-state index contributed by atoms with van der Waals surface area (Å²) in [5.41, 5.74) is 2.34. The normalized spacial score (nSPS) is 16.8. The first-order valence-corrected chi connectivity index (χ1v) is 10.8. The number of amides is 1. The molecule has 1 amide bonds. The highest BCUT2D eigenvalue weighted by molar-refractivity contribution is 5.93. The van der Waals surface area contributed by atoms with Crippen molar-refractivity contribution in [3.05, 3.63) is 51.2 Å². The zero-order chi connectivity index (χ0) is 22.4. The molecule has 3 rings (SSSR count). The van der Waals surface area contributed by atoms with Crippen molar-refractivity contribution in [1.82, 2.24) is 25.0 Å². The lowest BCUT2D eigenvalue weighted by molar-refractivity contribution is -0.150. The SMILES string of the molecule is CCOC(=O)[C@H]1CCCN(Cc2ccc(C(=O)NCCn3nc(C)cc3C)c(=O)[nH]2)C1. The van der Waals surface area contributed by atoms with Crippen LogP contribution in [0.2, 0.25) is 0 Å². The third-order valence-electron chi connectivity index (χ3n) is 5.45. The molecule has 2 aromatic rings. The third kappa shape index (κ3) is 6.04. The first-order valence-electron chi connectivity index (χ1n) is 10.8. The number of aromatic nitrogens is 3. The van der Waals surface area contributed by atoms with Crippen LogP contribution in [0.25, 0.3) is 0 Å². The second kappa shape index (κ2) is 10.4. The van der Waals surface area contributed by atoms with Gasteiger partial charge < -0.3 is 15.0 Å². The van der Waals surface area contributed by atoms with E-state index in [9.17, 15) is 14.4 Å². The molecule has 0 bridgehead atoms. The van der Waals surface area contributed by atoms with Crippen molar-refractivity contribution in [2.24, 2.45) is 5.92 Å². The van der Waals surface area contributed by atoms with Gasteiger partial charge in [-0.2, -0.15) is 5.10 Å². The Labute approximate surface area is 181 Å². The van der Waals surface area contributed by atoms with E-state index in [4.69, 9.17) is 4.74 Å². The first-order chi connectivity index (χ1) is 14.9. The number of likely N-dealkylation sites (tertiary alicyclic amines) is 1. The summed E-state index contributed by atoms with van der Waals surface area (Å²) in [6, 6.07) is 5.29. The van der Waals surface area contributed by atoms with E-state index in [0.29, 0.717) is 38.5 Å². The topological polar surface area (TPSA) is 109 Å². The number of piperidine rings is 1. The Morgan fingerprint density at radius 2 is 2.13 bits per heavy atom. The van der Waals surface area contributed by atoms with E-state index in [1.807, 2.05) is 24.6 Å². The lowest BCUT2D eigenvalue weighted by atomic mass is 9.98. The molecule has 9 nitrogen and oxygen atoms in total. The Hall–Kier alpha value is -2.94. The first kappa shape index (κ1) is 22.7. The molecule has 9 heteroatoms. The van der Waals surface area contributed by atoms with Crippen LogP contribution in [0, 0.1) is 19.8 Å². The second-order valence-corrected chi connectivity index (χ2v) is 7.96. The fraction of sp³-hybridized carbons (Fsp3) is 0.545. The summed E-state index contributed by atoms with van der Waals surface area (Å²) >= 11 is 0. The second-order valence-electron chi connectivity index (χ2n) is 7.96. The number of nitrogens with zero attached hydrogens (tertiary/aromatic N) is 3. The number of pyridine rings is 1. The molecule has 1 atom stereocenters. The number of H-pyrrole nitrogens is 1. The van der Waals surface area contributed by atoms with Gasteiger partial charge >= 0.3 is 5.97 Å². The highest BCUT2D eigenvalue weighted by Gasteiger charge is 2.27. The Bertz CT molecular complexity index is 981. The van der Waals surface area contributed by atoms with Gasteiger partial charge in [-0.15, -0.1) is 0 Å². The smallest absolute Gasteiger partial charge is 0.310 e. The fourth-order valence-electron chi connectivity index (χ4n) is 3.95. The Morgan fingerprint density at radius 1 is 1.32 bits per heavy atom. The summed E-state index contributed by atoms with van der Waals surface area (Å²) in [6.45, 7) is 8.97. The highest BCUT2D eigenvalue weighted by Crippen LogP contribution is 2.19. The molecule has 0 spiro atoms. The van der Waals surface area contributed by atoms with Gasteiger partial charge in [-0.1, -0.05) is 0 Å². The molecule has 0 radical (unpaired) electrons. The summed E-state index contributed by atoms with van der Waals surface area (Å²) in [5.74, 6) is -0.699. The van der Waals surface area contributed by atoms with Crippen LogP contribution >= 0.6 is 0 Å². The number of ether oxygens (including phenoxy) is 1. The van der Waals surface area contributed by atoms with Gasteiger partial charge in [0.15, 0.2) is 0 Å². The molecule has 168 valence electrons. The van der Waals surface area contributed by atoms with Crippen LogP contribution in [0.15, 0.2) is 23.0 Å². The van der Waals surface area contributed by atoms with Gasteiger partial charge in [0.1, 0.15) is 5.56 Å². The standard InChI is InChI=1S/C22H31N5O4/c1-4-31-22(30)17-6-5-10-26(13-17)14-18-7-8-19(21(29)24-18)20(28)23-9-11-27-16(3)12-15(2)25-27/h7-8,12,17H,4-6,9-11,13-14H2,1-3H3,(H,23,28)(H,24,29)/t17-/m0/s1. The number of rotatable bonds is 8. The molecule has 0 unspecified atom stereocenters. The average Bonchev–Trinajstić information content (AvgIpc) is 3.05. The minimum Gasteiger partial charge on any atom is -0.466 e. The Morgan fingerprint density at radius 3 is 2.81 bits per heavy atom. The van der Waals surface area contributed by atoms with Crippen LogP contribution in [0.5, 0.6) is 0 Å². The van der Waals surface area contributed by atoms with E-state index in [2.05, 4.69) is 20.3 Å². The molecule has 3 heterocycles. The van der Waals surface area contributed by atoms with E-state index in [1.54, 1.807) is 19.1 Å². The molecule has 1 saturated heterocycles. The maximum absolute atomic E-state index is 12.4. The predicted octanol–water partition coefficient (Wildman–Crippen LogP) is 1.39. The summed E-state index contributed by atoms with van der Waals surface area (Å²) in [5, 5.41) is 7.13. The average molecular weight is 430 g/mol. The predicted molar refractivity (Wildman–Crippen MR) is 116 cm³/mol. The Balaban J connectivity index is 1.54. The van der Waals surface area contributed by atoms with Crippen LogP contribution in [0.1, 0.15) is 47.2 Å². The highest BCUT2D eigenvalue weighted by atomic mass is 16.5. The largest absolute Gasteiger partial charge is 0.466 e. The number of esters is 1. The van der Waals surface area contributed by atoms with Crippen LogP contribution in [-0.4, -0.2) is 57.8 Å². The van der Waals surface area contributed by atoms with Crippen molar-refractivity contribution in [3.63, 3.8) is 0 Å². The summed E-state index contributed by atoms with van der Waals surface area (Å²) in [4.78, 5) is 41.8. The zero-order valence-electron chi connectivity index (χ0n) is 18.4. The maximum Gasteiger partial charge on any atom is 0.310 e. The van der Waals surface area contributed by atoms with Gasteiger partial charge in [-0.05, 0) is 58.4 Å². The molecule has 31 heavy (non-hydrogen) atoms. The molecule has 2 N–H and O–H groups in total. The van der Waals surface area contributed by atoms with Crippen molar-refractivity contribution in [2.75, 3.05) is 26.2 Å². The number of aromatic amines is 1. The monoisotopic (exact) mass is 429 g/mol. The molecule has 1 fully saturated rings. The molecular formula is C22H31N5O4. The van der Waals surface area contributed by atoms with E-state index < -0.39 is 11.5 Å². The van der Waals surface area contributed by atoms with Crippen LogP contribution < -0.4 is 10.9 Å². The minimum atomic E-state index is -0.417. The molecule has 1 aliphatic heterocycles. The van der Waals surface area contributed by atoms with E-state index in [0.717, 1.165) is 30.8 Å². The molecule has 1 aliphatic rings. The van der Waals surface area contributed by atoms with E-state index >= 15 is 0 Å². The van der Waals surface area contributed by atoms with Gasteiger partial charge in [0.05, 0.1) is 24.8 Å². The molecular weight excluding hydrogens is 398 g/mol. The van der Waals surface area contributed by atoms with Crippen molar-refractivity contribution < 1.29 is 14.3 Å². The van der Waals surface area contributed by atoms with Crippen LogP contribution in [0.4, 0.5) is 0 Å². The molecule has 0 aliphatic carbocycles.